The Morgan fingerprint density at radius 1 is 0.848 bits per heavy atom. The third kappa shape index (κ3) is 4.25. The van der Waals surface area contributed by atoms with Crippen molar-refractivity contribution in [3.8, 4) is 22.4 Å². The maximum absolute atomic E-state index is 4.68. The lowest BCUT2D eigenvalue weighted by Gasteiger charge is -2.33. The van der Waals surface area contributed by atoms with E-state index in [0.717, 1.165) is 43.4 Å². The van der Waals surface area contributed by atoms with Crippen LogP contribution < -0.4 is 4.90 Å². The van der Waals surface area contributed by atoms with E-state index in [0.29, 0.717) is 5.92 Å². The van der Waals surface area contributed by atoms with Crippen molar-refractivity contribution in [1.29, 1.82) is 0 Å². The number of hydrogen-bond acceptors (Lipinski definition) is 4. The highest BCUT2D eigenvalue weighted by molar-refractivity contribution is 5.94. The fraction of sp³-hybridized carbons (Fsp3) is 0.357. The Bertz CT molecular complexity index is 1270. The number of nitrogens with one attached hydrogen (secondary N) is 1. The standard InChI is InChI=1S/C28H33N5/c1-18(2)27-24-16-21(22-8-9-29-26(17-22)33-12-10-32(5)11-13-33)6-7-25(24)31-28(27)23-14-19(3)30-20(4)15-23/h6-9,14-18,31H,10-13H2,1-5H3. The van der Waals surface area contributed by atoms with Crippen LogP contribution in [-0.2, 0) is 0 Å². The SMILES string of the molecule is Cc1cc(-c2[nH]c3ccc(-c4ccnc(N5CCN(C)CC5)c4)cc3c2C(C)C)cc(C)n1. The molecule has 1 aliphatic rings. The summed E-state index contributed by atoms with van der Waals surface area (Å²) in [6.07, 6.45) is 1.95. The van der Waals surface area contributed by atoms with Gasteiger partial charge < -0.3 is 14.8 Å². The van der Waals surface area contributed by atoms with Crippen LogP contribution in [-0.4, -0.2) is 53.1 Å². The Balaban J connectivity index is 1.57. The molecule has 0 amide bonds. The number of nitrogens with zero attached hydrogens (tertiary/aromatic N) is 4. The van der Waals surface area contributed by atoms with E-state index in [2.05, 4.69) is 102 Å². The van der Waals surface area contributed by atoms with E-state index in [1.165, 1.54) is 38.9 Å². The fourth-order valence-corrected chi connectivity index (χ4v) is 5.00. The molecule has 0 unspecified atom stereocenters. The van der Waals surface area contributed by atoms with E-state index in [9.17, 15) is 0 Å². The van der Waals surface area contributed by atoms with Crippen molar-refractivity contribution in [3.05, 3.63) is 65.6 Å². The summed E-state index contributed by atoms with van der Waals surface area (Å²) in [5, 5.41) is 1.29. The number of hydrogen-bond donors (Lipinski definition) is 1. The van der Waals surface area contributed by atoms with E-state index in [1.54, 1.807) is 0 Å². The van der Waals surface area contributed by atoms with Crippen LogP contribution in [0.25, 0.3) is 33.3 Å². The van der Waals surface area contributed by atoms with Gasteiger partial charge >= 0.3 is 0 Å². The summed E-state index contributed by atoms with van der Waals surface area (Å²) in [5.74, 6) is 1.47. The average molecular weight is 440 g/mol. The van der Waals surface area contributed by atoms with Gasteiger partial charge in [0, 0.05) is 60.2 Å². The largest absolute Gasteiger partial charge is 0.354 e. The number of fused-ring (bicyclic) bond motifs is 1. The van der Waals surface area contributed by atoms with Crippen LogP contribution >= 0.6 is 0 Å². The van der Waals surface area contributed by atoms with E-state index >= 15 is 0 Å². The van der Waals surface area contributed by atoms with Gasteiger partial charge in [-0.05, 0) is 79.9 Å². The van der Waals surface area contributed by atoms with Crippen molar-refractivity contribution in [3.63, 3.8) is 0 Å². The number of aromatic nitrogens is 3. The molecule has 0 radical (unpaired) electrons. The van der Waals surface area contributed by atoms with Crippen molar-refractivity contribution >= 4 is 16.7 Å². The number of H-pyrrole nitrogens is 1. The van der Waals surface area contributed by atoms with E-state index in [1.807, 2.05) is 6.20 Å². The molecule has 4 heterocycles. The molecule has 5 rings (SSSR count). The average Bonchev–Trinajstić information content (AvgIpc) is 3.18. The number of pyridine rings is 2. The van der Waals surface area contributed by atoms with E-state index < -0.39 is 0 Å². The van der Waals surface area contributed by atoms with Gasteiger partial charge in [0.25, 0.3) is 0 Å². The van der Waals surface area contributed by atoms with E-state index in [4.69, 9.17) is 0 Å². The van der Waals surface area contributed by atoms with Gasteiger partial charge in [-0.15, -0.1) is 0 Å². The first-order chi connectivity index (χ1) is 15.9. The molecule has 3 aromatic heterocycles. The van der Waals surface area contributed by atoms with Crippen LogP contribution in [0.15, 0.2) is 48.7 Å². The zero-order chi connectivity index (χ0) is 23.1. The van der Waals surface area contributed by atoms with Gasteiger partial charge in [0.15, 0.2) is 0 Å². The number of rotatable bonds is 4. The lowest BCUT2D eigenvalue weighted by molar-refractivity contribution is 0.312. The highest BCUT2D eigenvalue weighted by atomic mass is 15.3. The zero-order valence-corrected chi connectivity index (χ0v) is 20.3. The molecule has 1 saturated heterocycles. The monoisotopic (exact) mass is 439 g/mol. The summed E-state index contributed by atoms with van der Waals surface area (Å²) in [6, 6.07) is 15.5. The Labute approximate surface area is 196 Å². The van der Waals surface area contributed by atoms with E-state index in [-0.39, 0.29) is 0 Å². The summed E-state index contributed by atoms with van der Waals surface area (Å²) in [6.45, 7) is 12.9. The summed E-state index contributed by atoms with van der Waals surface area (Å²) < 4.78 is 0. The predicted molar refractivity (Wildman–Crippen MR) is 138 cm³/mol. The molecule has 0 saturated carbocycles. The summed E-state index contributed by atoms with van der Waals surface area (Å²) in [4.78, 5) is 17.7. The van der Waals surface area contributed by atoms with Crippen molar-refractivity contribution in [2.24, 2.45) is 0 Å². The molecule has 4 aromatic rings. The second-order valence-corrected chi connectivity index (χ2v) is 9.66. The van der Waals surface area contributed by atoms with Crippen LogP contribution in [0.3, 0.4) is 0 Å². The highest BCUT2D eigenvalue weighted by Gasteiger charge is 2.19. The molecule has 5 nitrogen and oxygen atoms in total. The molecule has 0 bridgehead atoms. The second-order valence-electron chi connectivity index (χ2n) is 9.66. The number of benzene rings is 1. The lowest BCUT2D eigenvalue weighted by Crippen LogP contribution is -2.44. The Hall–Kier alpha value is -3.18. The Kier molecular flexibility index (Phi) is 5.67. The first-order valence-electron chi connectivity index (χ1n) is 11.9. The van der Waals surface area contributed by atoms with Crippen LogP contribution in [0.2, 0.25) is 0 Å². The van der Waals surface area contributed by atoms with Gasteiger partial charge in [0.1, 0.15) is 5.82 Å². The minimum Gasteiger partial charge on any atom is -0.354 e. The number of aryl methyl sites for hydroxylation is 2. The van der Waals surface area contributed by atoms with Crippen LogP contribution in [0.4, 0.5) is 5.82 Å². The van der Waals surface area contributed by atoms with Gasteiger partial charge in [-0.1, -0.05) is 19.9 Å². The van der Waals surface area contributed by atoms with Gasteiger partial charge in [-0.25, -0.2) is 4.98 Å². The van der Waals surface area contributed by atoms with Crippen LogP contribution in [0, 0.1) is 13.8 Å². The maximum atomic E-state index is 4.68. The second kappa shape index (κ2) is 8.64. The van der Waals surface area contributed by atoms with Gasteiger partial charge in [0.05, 0.1) is 5.69 Å². The highest BCUT2D eigenvalue weighted by Crippen LogP contribution is 2.38. The number of piperazine rings is 1. The summed E-state index contributed by atoms with van der Waals surface area (Å²) in [7, 11) is 2.18. The normalized spacial score (nSPS) is 15.0. The minimum atomic E-state index is 0.399. The summed E-state index contributed by atoms with van der Waals surface area (Å²) in [5.41, 5.74) is 9.51. The quantitative estimate of drug-likeness (QED) is 0.438. The summed E-state index contributed by atoms with van der Waals surface area (Å²) >= 11 is 0. The molecule has 0 aliphatic carbocycles. The third-order valence-corrected chi connectivity index (χ3v) is 6.69. The Morgan fingerprint density at radius 3 is 2.24 bits per heavy atom. The zero-order valence-electron chi connectivity index (χ0n) is 20.3. The molecule has 1 aromatic carbocycles. The first kappa shape index (κ1) is 21.7. The number of anilines is 1. The molecule has 5 heteroatoms. The molecule has 1 N–H and O–H groups in total. The molecule has 0 atom stereocenters. The number of aromatic amines is 1. The molecule has 170 valence electrons. The Morgan fingerprint density at radius 2 is 1.55 bits per heavy atom. The fourth-order valence-electron chi connectivity index (χ4n) is 5.00. The van der Waals surface area contributed by atoms with Crippen LogP contribution in [0.5, 0.6) is 0 Å². The molecule has 33 heavy (non-hydrogen) atoms. The van der Waals surface area contributed by atoms with Crippen LogP contribution in [0.1, 0.15) is 36.7 Å². The van der Waals surface area contributed by atoms with Crippen molar-refractivity contribution in [2.45, 2.75) is 33.6 Å². The van der Waals surface area contributed by atoms with Gasteiger partial charge in [0.2, 0.25) is 0 Å². The topological polar surface area (TPSA) is 48.1 Å². The molecular formula is C28H33N5. The van der Waals surface area contributed by atoms with Crippen molar-refractivity contribution < 1.29 is 0 Å². The minimum absolute atomic E-state index is 0.399. The van der Waals surface area contributed by atoms with Crippen molar-refractivity contribution in [2.75, 3.05) is 38.1 Å². The lowest BCUT2D eigenvalue weighted by atomic mass is 9.94. The first-order valence-corrected chi connectivity index (χ1v) is 11.9. The third-order valence-electron chi connectivity index (χ3n) is 6.69. The molecule has 1 aliphatic heterocycles. The molecule has 0 spiro atoms. The van der Waals surface area contributed by atoms with Gasteiger partial charge in [-0.2, -0.15) is 0 Å². The predicted octanol–water partition coefficient (Wildman–Crippen LogP) is 5.78. The molecule has 1 fully saturated rings. The maximum Gasteiger partial charge on any atom is 0.129 e. The van der Waals surface area contributed by atoms with Gasteiger partial charge in [-0.3, -0.25) is 4.98 Å². The smallest absolute Gasteiger partial charge is 0.129 e. The number of likely N-dealkylation sites (N-methyl/N-ethyl adjacent to an activating group) is 1. The van der Waals surface area contributed by atoms with Crippen molar-refractivity contribution in [1.82, 2.24) is 19.9 Å². The molecular weight excluding hydrogens is 406 g/mol.